The van der Waals surface area contributed by atoms with E-state index in [2.05, 4.69) is 15.7 Å². The molecule has 0 bridgehead atoms. The summed E-state index contributed by atoms with van der Waals surface area (Å²) in [4.78, 5) is 26.7. The van der Waals surface area contributed by atoms with Gasteiger partial charge in [0, 0.05) is 19.0 Å². The van der Waals surface area contributed by atoms with Crippen LogP contribution in [0.3, 0.4) is 0 Å². The fourth-order valence-electron chi connectivity index (χ4n) is 4.92. The lowest BCUT2D eigenvalue weighted by molar-refractivity contribution is -0.113. The van der Waals surface area contributed by atoms with E-state index in [4.69, 9.17) is 0 Å². The van der Waals surface area contributed by atoms with E-state index in [-0.39, 0.29) is 29.3 Å². The van der Waals surface area contributed by atoms with Crippen LogP contribution < -0.4 is 15.5 Å². The molecule has 1 aliphatic carbocycles. The number of rotatable bonds is 10. The van der Waals surface area contributed by atoms with Gasteiger partial charge in [0.15, 0.2) is 0 Å². The Kier molecular flexibility index (Phi) is 6.93. The van der Waals surface area contributed by atoms with Crippen molar-refractivity contribution in [2.24, 2.45) is 5.92 Å². The lowest BCUT2D eigenvalue weighted by atomic mass is 9.95. The van der Waals surface area contributed by atoms with Gasteiger partial charge in [0.25, 0.3) is 11.8 Å². The molecule has 3 aliphatic rings. The van der Waals surface area contributed by atoms with Crippen LogP contribution in [-0.4, -0.2) is 58.7 Å². The number of hydrogen-bond donors (Lipinski definition) is 2. The Bertz CT molecular complexity index is 1160. The molecule has 0 radical (unpaired) electrons. The molecule has 36 heavy (non-hydrogen) atoms. The topological polar surface area (TPSA) is 79.3 Å². The van der Waals surface area contributed by atoms with E-state index >= 15 is 4.39 Å². The highest BCUT2D eigenvalue weighted by molar-refractivity contribution is 7.99. The summed E-state index contributed by atoms with van der Waals surface area (Å²) in [6, 6.07) is 4.60. The lowest BCUT2D eigenvalue weighted by Crippen LogP contribution is -2.56. The van der Waals surface area contributed by atoms with Crippen molar-refractivity contribution in [3.05, 3.63) is 40.8 Å². The second-order valence-corrected chi connectivity index (χ2v) is 10.8. The number of hydrogen-bond acceptors (Lipinski definition) is 5. The Hall–Kier alpha value is -2.69. The standard InChI is InChI=1S/C25H30F3N5O2S/c1-36-12-20(34)30-23-21-18(31-33(23)10-9-15-5-6-15)11-17(29-24(21)35)8-7-16-3-2-4-19(22(16)26)32-13-25(27,28)14-32/h2-4,15,17H,5-14H2,1H3,(H,29,35)(H,30,34). The molecule has 7 nitrogen and oxygen atoms in total. The molecule has 1 atom stereocenters. The number of benzene rings is 1. The Morgan fingerprint density at radius 1 is 1.28 bits per heavy atom. The molecule has 2 aliphatic heterocycles. The molecule has 1 saturated heterocycles. The fraction of sp³-hybridized carbons (Fsp3) is 0.560. The minimum atomic E-state index is -2.78. The Balaban J connectivity index is 1.28. The van der Waals surface area contributed by atoms with E-state index in [0.717, 1.165) is 6.42 Å². The van der Waals surface area contributed by atoms with Crippen molar-refractivity contribution in [1.82, 2.24) is 15.1 Å². The van der Waals surface area contributed by atoms with Gasteiger partial charge in [-0.2, -0.15) is 16.9 Å². The summed E-state index contributed by atoms with van der Waals surface area (Å²) in [7, 11) is 0. The molecular weight excluding hydrogens is 491 g/mol. The van der Waals surface area contributed by atoms with Crippen LogP contribution in [0.15, 0.2) is 18.2 Å². The number of nitrogens with zero attached hydrogens (tertiary/aromatic N) is 3. The predicted octanol–water partition coefficient (Wildman–Crippen LogP) is 3.87. The molecule has 2 fully saturated rings. The molecule has 1 aromatic carbocycles. The van der Waals surface area contributed by atoms with E-state index in [1.807, 2.05) is 6.26 Å². The molecule has 194 valence electrons. The maximum atomic E-state index is 15.0. The van der Waals surface area contributed by atoms with Crippen molar-refractivity contribution in [2.45, 2.75) is 57.0 Å². The molecule has 1 saturated carbocycles. The van der Waals surface area contributed by atoms with Crippen LogP contribution in [0.25, 0.3) is 0 Å². The van der Waals surface area contributed by atoms with Gasteiger partial charge in [-0.15, -0.1) is 0 Å². The average Bonchev–Trinajstić information content (AvgIpc) is 3.57. The third kappa shape index (κ3) is 5.35. The van der Waals surface area contributed by atoms with E-state index in [9.17, 15) is 18.4 Å². The lowest BCUT2D eigenvalue weighted by Gasteiger charge is -2.40. The summed E-state index contributed by atoms with van der Waals surface area (Å²) < 4.78 is 43.3. The molecule has 3 heterocycles. The van der Waals surface area contributed by atoms with Crippen LogP contribution in [0, 0.1) is 11.7 Å². The number of aromatic nitrogens is 2. The summed E-state index contributed by atoms with van der Waals surface area (Å²) in [5.74, 6) is -2.33. The zero-order valence-corrected chi connectivity index (χ0v) is 21.0. The summed E-state index contributed by atoms with van der Waals surface area (Å²) in [6.45, 7) is -0.319. The van der Waals surface area contributed by atoms with Gasteiger partial charge < -0.3 is 15.5 Å². The first-order valence-corrected chi connectivity index (χ1v) is 13.7. The maximum Gasteiger partial charge on any atom is 0.282 e. The second kappa shape index (κ2) is 9.99. The molecule has 5 rings (SSSR count). The number of alkyl halides is 2. The third-order valence-corrected chi connectivity index (χ3v) is 7.56. The zero-order valence-electron chi connectivity index (χ0n) is 20.2. The quantitative estimate of drug-likeness (QED) is 0.497. The molecule has 2 aromatic rings. The molecule has 1 aromatic heterocycles. The van der Waals surface area contributed by atoms with Gasteiger partial charge in [-0.3, -0.25) is 9.59 Å². The molecule has 2 N–H and O–H groups in total. The van der Waals surface area contributed by atoms with Crippen molar-refractivity contribution in [1.29, 1.82) is 0 Å². The highest BCUT2D eigenvalue weighted by Gasteiger charge is 2.44. The minimum Gasteiger partial charge on any atom is -0.357 e. The van der Waals surface area contributed by atoms with Crippen LogP contribution in [-0.2, 0) is 24.2 Å². The van der Waals surface area contributed by atoms with Crippen molar-refractivity contribution in [3.63, 3.8) is 0 Å². The highest BCUT2D eigenvalue weighted by Crippen LogP contribution is 2.35. The summed E-state index contributed by atoms with van der Waals surface area (Å²) in [6.07, 6.45) is 6.51. The summed E-state index contributed by atoms with van der Waals surface area (Å²) >= 11 is 1.40. The van der Waals surface area contributed by atoms with Crippen molar-refractivity contribution < 1.29 is 22.8 Å². The monoisotopic (exact) mass is 521 g/mol. The van der Waals surface area contributed by atoms with Crippen molar-refractivity contribution in [2.75, 3.05) is 35.3 Å². The first kappa shape index (κ1) is 25.0. The minimum absolute atomic E-state index is 0.178. The normalized spacial score (nSPS) is 20.5. The van der Waals surface area contributed by atoms with Gasteiger partial charge in [0.1, 0.15) is 17.2 Å². The van der Waals surface area contributed by atoms with E-state index < -0.39 is 24.8 Å². The number of thioether (sulfide) groups is 1. The molecule has 2 amide bonds. The largest absolute Gasteiger partial charge is 0.357 e. The average molecular weight is 522 g/mol. The van der Waals surface area contributed by atoms with Gasteiger partial charge in [0.2, 0.25) is 5.91 Å². The van der Waals surface area contributed by atoms with Crippen LogP contribution in [0.1, 0.15) is 47.3 Å². The van der Waals surface area contributed by atoms with E-state index in [1.54, 1.807) is 16.8 Å². The van der Waals surface area contributed by atoms with Gasteiger partial charge >= 0.3 is 0 Å². The fourth-order valence-corrected chi connectivity index (χ4v) is 5.26. The Morgan fingerprint density at radius 3 is 2.75 bits per heavy atom. The number of aryl methyl sites for hydroxylation is 2. The third-order valence-electron chi connectivity index (χ3n) is 7.01. The number of halogens is 3. The van der Waals surface area contributed by atoms with E-state index in [1.165, 1.54) is 35.6 Å². The molecule has 0 spiro atoms. The Labute approximate surface area is 212 Å². The molecule has 1 unspecified atom stereocenters. The number of carbonyl (C=O) groups is 2. The zero-order chi connectivity index (χ0) is 25.4. The number of amides is 2. The van der Waals surface area contributed by atoms with Gasteiger partial charge in [-0.1, -0.05) is 25.0 Å². The summed E-state index contributed by atoms with van der Waals surface area (Å²) in [5.41, 5.74) is 1.66. The number of fused-ring (bicyclic) bond motifs is 1. The molecule has 11 heteroatoms. The smallest absolute Gasteiger partial charge is 0.282 e. The van der Waals surface area contributed by atoms with Crippen LogP contribution in [0.2, 0.25) is 0 Å². The van der Waals surface area contributed by atoms with Crippen LogP contribution in [0.5, 0.6) is 0 Å². The Morgan fingerprint density at radius 2 is 2.06 bits per heavy atom. The highest BCUT2D eigenvalue weighted by atomic mass is 32.2. The number of nitrogens with one attached hydrogen (secondary N) is 2. The van der Waals surface area contributed by atoms with Gasteiger partial charge in [-0.25, -0.2) is 17.9 Å². The number of anilines is 2. The number of carbonyl (C=O) groups excluding carboxylic acids is 2. The van der Waals surface area contributed by atoms with Crippen molar-refractivity contribution in [3.8, 4) is 0 Å². The SMILES string of the molecule is CSCC(=O)Nc1c2c(nn1CCC1CC1)CC(CCc1cccc(N3CC(F)(F)C3)c1F)NC2=O. The second-order valence-electron chi connectivity index (χ2n) is 9.98. The van der Waals surface area contributed by atoms with Crippen molar-refractivity contribution >= 4 is 35.1 Å². The first-order chi connectivity index (χ1) is 17.2. The predicted molar refractivity (Wildman–Crippen MR) is 133 cm³/mol. The maximum absolute atomic E-state index is 15.0. The first-order valence-electron chi connectivity index (χ1n) is 12.3. The molecular formula is C25H30F3N5O2S. The van der Waals surface area contributed by atoms with E-state index in [0.29, 0.717) is 54.4 Å². The van der Waals surface area contributed by atoms with Crippen LogP contribution >= 0.6 is 11.8 Å². The van der Waals surface area contributed by atoms with Gasteiger partial charge in [0.05, 0.1) is 30.2 Å². The van der Waals surface area contributed by atoms with Crippen LogP contribution in [0.4, 0.5) is 24.7 Å². The van der Waals surface area contributed by atoms with Gasteiger partial charge in [-0.05, 0) is 43.1 Å². The summed E-state index contributed by atoms with van der Waals surface area (Å²) in [5, 5.41) is 10.6.